The van der Waals surface area contributed by atoms with Crippen molar-refractivity contribution < 1.29 is 19.6 Å². The Morgan fingerprint density at radius 3 is 2.54 bits per heavy atom. The number of hydrogen-bond acceptors (Lipinski definition) is 5. The minimum absolute atomic E-state index is 0.0480. The van der Waals surface area contributed by atoms with E-state index in [-0.39, 0.29) is 29.0 Å². The molecule has 7 heteroatoms. The maximum absolute atomic E-state index is 11.7. The summed E-state index contributed by atoms with van der Waals surface area (Å²) >= 11 is 0. The van der Waals surface area contributed by atoms with Gasteiger partial charge in [0.1, 0.15) is 5.69 Å². The number of aliphatic carboxylic acids is 1. The third kappa shape index (κ3) is 5.17. The van der Waals surface area contributed by atoms with Crippen LogP contribution in [0.4, 0.5) is 11.4 Å². The van der Waals surface area contributed by atoms with Crippen molar-refractivity contribution in [1.29, 1.82) is 0 Å². The van der Waals surface area contributed by atoms with Crippen molar-refractivity contribution in [3.05, 3.63) is 33.9 Å². The van der Waals surface area contributed by atoms with Gasteiger partial charge < -0.3 is 14.7 Å². The van der Waals surface area contributed by atoms with Crippen LogP contribution in [0.5, 0.6) is 0 Å². The number of hydrogen-bond donors (Lipinski definition) is 1. The lowest BCUT2D eigenvalue weighted by atomic mass is 9.96. The van der Waals surface area contributed by atoms with Crippen molar-refractivity contribution in [3.63, 3.8) is 0 Å². The summed E-state index contributed by atoms with van der Waals surface area (Å²) in [5.74, 6) is -0.821. The number of carbonyl (C=O) groups is 1. The van der Waals surface area contributed by atoms with Gasteiger partial charge in [0, 0.05) is 31.9 Å². The average Bonchev–Trinajstić information content (AvgIpc) is 2.59. The molecule has 1 atom stereocenters. The van der Waals surface area contributed by atoms with Gasteiger partial charge >= 0.3 is 5.97 Å². The third-order valence-corrected chi connectivity index (χ3v) is 4.75. The van der Waals surface area contributed by atoms with E-state index in [1.54, 1.807) is 13.0 Å². The van der Waals surface area contributed by atoms with Crippen LogP contribution in [0.2, 0.25) is 0 Å². The molecule has 1 heterocycles. The van der Waals surface area contributed by atoms with E-state index in [2.05, 4.69) is 18.7 Å². The zero-order chi connectivity index (χ0) is 19.3. The molecule has 0 radical (unpaired) electrons. The van der Waals surface area contributed by atoms with Crippen LogP contribution >= 0.6 is 0 Å². The largest absolute Gasteiger partial charge is 0.481 e. The van der Waals surface area contributed by atoms with Crippen LogP contribution in [0.25, 0.3) is 0 Å². The lowest BCUT2D eigenvalue weighted by molar-refractivity contribution is -0.384. The molecule has 1 fully saturated rings. The van der Waals surface area contributed by atoms with Crippen molar-refractivity contribution in [2.45, 2.75) is 52.0 Å². The Balaban J connectivity index is 2.39. The summed E-state index contributed by atoms with van der Waals surface area (Å²) in [6, 6.07) is 5.36. The standard InChI is InChI=1S/C19H28N2O5/c1-13(2)12-20(16-6-8-26-9-7-16)17-5-4-15(11-18(17)21(24)25)14(3)10-19(22)23/h4-5,11,13-14,16H,6-10,12H2,1-3H3,(H,22,23). The fourth-order valence-electron chi connectivity index (χ4n) is 3.45. The predicted molar refractivity (Wildman–Crippen MR) is 99.8 cm³/mol. The first-order chi connectivity index (χ1) is 12.3. The highest BCUT2D eigenvalue weighted by molar-refractivity contribution is 5.69. The number of nitrogens with zero attached hydrogens (tertiary/aromatic N) is 2. The molecule has 0 aromatic heterocycles. The van der Waals surface area contributed by atoms with Crippen molar-refractivity contribution in [3.8, 4) is 0 Å². The van der Waals surface area contributed by atoms with Gasteiger partial charge in [-0.25, -0.2) is 0 Å². The van der Waals surface area contributed by atoms with E-state index in [0.29, 0.717) is 30.4 Å². The zero-order valence-electron chi connectivity index (χ0n) is 15.7. The lowest BCUT2D eigenvalue weighted by Crippen LogP contribution is -2.42. The van der Waals surface area contributed by atoms with Gasteiger partial charge in [-0.2, -0.15) is 0 Å². The first-order valence-electron chi connectivity index (χ1n) is 9.14. The third-order valence-electron chi connectivity index (χ3n) is 4.75. The number of carboxylic acids is 1. The normalized spacial score (nSPS) is 16.5. The van der Waals surface area contributed by atoms with E-state index in [1.807, 2.05) is 6.07 Å². The number of ether oxygens (including phenoxy) is 1. The Morgan fingerprint density at radius 2 is 2.00 bits per heavy atom. The van der Waals surface area contributed by atoms with E-state index < -0.39 is 5.97 Å². The number of benzene rings is 1. The maximum Gasteiger partial charge on any atom is 0.303 e. The number of rotatable bonds is 8. The molecule has 1 aliphatic heterocycles. The molecule has 0 spiro atoms. The molecule has 144 valence electrons. The molecule has 0 amide bonds. The Labute approximate surface area is 154 Å². The van der Waals surface area contributed by atoms with Gasteiger partial charge in [-0.05, 0) is 36.3 Å². The Bertz CT molecular complexity index is 641. The highest BCUT2D eigenvalue weighted by Crippen LogP contribution is 2.35. The number of anilines is 1. The van der Waals surface area contributed by atoms with Crippen molar-refractivity contribution in [2.24, 2.45) is 5.92 Å². The summed E-state index contributed by atoms with van der Waals surface area (Å²) in [5, 5.41) is 20.7. The maximum atomic E-state index is 11.7. The predicted octanol–water partition coefficient (Wildman–Crippen LogP) is 3.81. The van der Waals surface area contributed by atoms with Crippen molar-refractivity contribution in [1.82, 2.24) is 0 Å². The van der Waals surface area contributed by atoms with Gasteiger partial charge in [-0.1, -0.05) is 26.8 Å². The fourth-order valence-corrected chi connectivity index (χ4v) is 3.45. The number of nitro benzene ring substituents is 1. The Morgan fingerprint density at radius 1 is 1.35 bits per heavy atom. The first-order valence-corrected chi connectivity index (χ1v) is 9.14. The molecule has 1 N–H and O–H groups in total. The molecule has 1 unspecified atom stereocenters. The van der Waals surface area contributed by atoms with Crippen LogP contribution in [0.1, 0.15) is 51.5 Å². The molecule has 0 aliphatic carbocycles. The quantitative estimate of drug-likeness (QED) is 0.557. The van der Waals surface area contributed by atoms with E-state index >= 15 is 0 Å². The molecule has 26 heavy (non-hydrogen) atoms. The van der Waals surface area contributed by atoms with Gasteiger partial charge in [0.05, 0.1) is 11.3 Å². The summed E-state index contributed by atoms with van der Waals surface area (Å²) in [4.78, 5) is 24.5. The molecule has 2 rings (SSSR count). The van der Waals surface area contributed by atoms with Gasteiger partial charge in [0.25, 0.3) is 5.69 Å². The van der Waals surface area contributed by atoms with E-state index in [0.717, 1.165) is 19.4 Å². The van der Waals surface area contributed by atoms with Crippen LogP contribution in [0.3, 0.4) is 0 Å². The summed E-state index contributed by atoms with van der Waals surface area (Å²) in [7, 11) is 0. The van der Waals surface area contributed by atoms with Crippen molar-refractivity contribution in [2.75, 3.05) is 24.7 Å². The van der Waals surface area contributed by atoms with Crippen molar-refractivity contribution >= 4 is 17.3 Å². The van der Waals surface area contributed by atoms with Gasteiger partial charge in [0.15, 0.2) is 0 Å². The smallest absolute Gasteiger partial charge is 0.303 e. The van der Waals surface area contributed by atoms with E-state index in [1.165, 1.54) is 6.07 Å². The summed E-state index contributed by atoms with van der Waals surface area (Å²) < 4.78 is 5.44. The molecular weight excluding hydrogens is 336 g/mol. The van der Waals surface area contributed by atoms with Gasteiger partial charge in [-0.15, -0.1) is 0 Å². The SMILES string of the molecule is CC(C)CN(c1ccc(C(C)CC(=O)O)cc1[N+](=O)[O-])C1CCOCC1. The summed E-state index contributed by atoms with van der Waals surface area (Å²) in [6.07, 6.45) is 1.65. The monoisotopic (exact) mass is 364 g/mol. The second-order valence-electron chi connectivity index (χ2n) is 7.39. The molecular formula is C19H28N2O5. The summed E-state index contributed by atoms with van der Waals surface area (Å²) in [6.45, 7) is 8.04. The van der Waals surface area contributed by atoms with Crippen LogP contribution in [0.15, 0.2) is 18.2 Å². The molecule has 7 nitrogen and oxygen atoms in total. The average molecular weight is 364 g/mol. The van der Waals surface area contributed by atoms with Crippen LogP contribution in [-0.4, -0.2) is 41.8 Å². The topological polar surface area (TPSA) is 92.9 Å². The second-order valence-corrected chi connectivity index (χ2v) is 7.39. The van der Waals surface area contributed by atoms with Gasteiger partial charge in [-0.3, -0.25) is 14.9 Å². The number of carboxylic acid groups (broad SMARTS) is 1. The van der Waals surface area contributed by atoms with Crippen LogP contribution in [0, 0.1) is 16.0 Å². The second kappa shape index (κ2) is 8.98. The van der Waals surface area contributed by atoms with E-state index in [4.69, 9.17) is 9.84 Å². The summed E-state index contributed by atoms with van der Waals surface area (Å²) in [5.41, 5.74) is 1.34. The molecule has 1 aromatic rings. The highest BCUT2D eigenvalue weighted by Gasteiger charge is 2.28. The van der Waals surface area contributed by atoms with Crippen LogP contribution < -0.4 is 4.90 Å². The van der Waals surface area contributed by atoms with Crippen LogP contribution in [-0.2, 0) is 9.53 Å². The molecule has 1 saturated heterocycles. The van der Waals surface area contributed by atoms with Gasteiger partial charge in [0.2, 0.25) is 0 Å². The molecule has 1 aromatic carbocycles. The Hall–Kier alpha value is -2.15. The lowest BCUT2D eigenvalue weighted by Gasteiger charge is -2.37. The molecule has 0 saturated carbocycles. The van der Waals surface area contributed by atoms with E-state index in [9.17, 15) is 14.9 Å². The molecule has 1 aliphatic rings. The highest BCUT2D eigenvalue weighted by atomic mass is 16.6. The number of nitro groups is 1. The first kappa shape index (κ1) is 20.2. The minimum atomic E-state index is -0.909. The fraction of sp³-hybridized carbons (Fsp3) is 0.632. The molecule has 0 bridgehead atoms. The Kier molecular flexibility index (Phi) is 6.97. The zero-order valence-corrected chi connectivity index (χ0v) is 15.7. The minimum Gasteiger partial charge on any atom is -0.481 e.